The Morgan fingerprint density at radius 1 is 0.926 bits per heavy atom. The standard InChI is InChI=1S/C18H20O9/c1-10(20)24-15-9-23-18(27-14-6-4-13(8-19)5-7-14)17(26-12(3)22)16(15)25-11(2)21/h4-8,15-18H,9H2,1-3H3/t15-,16+,17-,18+/m1/s1. The molecule has 1 aliphatic heterocycles. The molecule has 0 aromatic heterocycles. The highest BCUT2D eigenvalue weighted by Crippen LogP contribution is 2.27. The Morgan fingerprint density at radius 2 is 1.48 bits per heavy atom. The first kappa shape index (κ1) is 20.4. The highest BCUT2D eigenvalue weighted by atomic mass is 16.7. The van der Waals surface area contributed by atoms with Crippen LogP contribution in [0, 0.1) is 0 Å². The van der Waals surface area contributed by atoms with Crippen molar-refractivity contribution in [2.24, 2.45) is 0 Å². The Kier molecular flexibility index (Phi) is 6.89. The summed E-state index contributed by atoms with van der Waals surface area (Å²) in [5.41, 5.74) is 0.455. The molecule has 9 heteroatoms. The van der Waals surface area contributed by atoms with Crippen LogP contribution in [0.25, 0.3) is 0 Å². The van der Waals surface area contributed by atoms with Crippen LogP contribution in [0.2, 0.25) is 0 Å². The van der Waals surface area contributed by atoms with Crippen LogP contribution in [-0.4, -0.2) is 55.4 Å². The summed E-state index contributed by atoms with van der Waals surface area (Å²) in [5.74, 6) is -1.57. The molecule has 1 aromatic rings. The van der Waals surface area contributed by atoms with Crippen LogP contribution in [0.3, 0.4) is 0 Å². The van der Waals surface area contributed by atoms with E-state index in [0.717, 1.165) is 0 Å². The largest absolute Gasteiger partial charge is 0.461 e. The maximum atomic E-state index is 11.5. The molecule has 9 nitrogen and oxygen atoms in total. The molecule has 0 N–H and O–H groups in total. The van der Waals surface area contributed by atoms with E-state index in [0.29, 0.717) is 17.6 Å². The molecule has 4 atom stereocenters. The molecule has 146 valence electrons. The SMILES string of the molecule is CC(=O)O[C@@H]1[C@@H](OC(C)=O)[C@H](Oc2ccc(C=O)cc2)OC[C@H]1OC(C)=O. The van der Waals surface area contributed by atoms with Crippen LogP contribution in [0.4, 0.5) is 0 Å². The van der Waals surface area contributed by atoms with Crippen LogP contribution in [0.5, 0.6) is 5.75 Å². The van der Waals surface area contributed by atoms with Crippen molar-refractivity contribution in [2.75, 3.05) is 6.61 Å². The third kappa shape index (κ3) is 5.78. The Balaban J connectivity index is 2.25. The molecule has 0 unspecified atom stereocenters. The quantitative estimate of drug-likeness (QED) is 0.405. The molecule has 0 bridgehead atoms. The second-order valence-electron chi connectivity index (χ2n) is 5.80. The maximum absolute atomic E-state index is 11.5. The van der Waals surface area contributed by atoms with Crippen molar-refractivity contribution in [3.8, 4) is 5.75 Å². The van der Waals surface area contributed by atoms with Crippen molar-refractivity contribution < 1.29 is 42.9 Å². The minimum Gasteiger partial charge on any atom is -0.461 e. The van der Waals surface area contributed by atoms with Gasteiger partial charge in [-0.1, -0.05) is 0 Å². The van der Waals surface area contributed by atoms with Gasteiger partial charge in [-0.05, 0) is 24.3 Å². The van der Waals surface area contributed by atoms with Crippen molar-refractivity contribution in [3.05, 3.63) is 29.8 Å². The van der Waals surface area contributed by atoms with Gasteiger partial charge < -0.3 is 23.7 Å². The van der Waals surface area contributed by atoms with Gasteiger partial charge in [0, 0.05) is 26.3 Å². The molecule has 1 aromatic carbocycles. The topological polar surface area (TPSA) is 114 Å². The second-order valence-corrected chi connectivity index (χ2v) is 5.80. The van der Waals surface area contributed by atoms with Gasteiger partial charge >= 0.3 is 17.9 Å². The molecule has 2 rings (SSSR count). The summed E-state index contributed by atoms with van der Waals surface area (Å²) < 4.78 is 26.8. The minimum atomic E-state index is -1.17. The van der Waals surface area contributed by atoms with E-state index in [1.54, 1.807) is 0 Å². The van der Waals surface area contributed by atoms with Crippen molar-refractivity contribution >= 4 is 24.2 Å². The van der Waals surface area contributed by atoms with Gasteiger partial charge in [-0.25, -0.2) is 0 Å². The summed E-state index contributed by atoms with van der Waals surface area (Å²) in [5, 5.41) is 0. The Labute approximate surface area is 155 Å². The van der Waals surface area contributed by atoms with E-state index in [-0.39, 0.29) is 6.61 Å². The van der Waals surface area contributed by atoms with Gasteiger partial charge in [0.25, 0.3) is 0 Å². The highest BCUT2D eigenvalue weighted by Gasteiger charge is 2.48. The first-order chi connectivity index (χ1) is 12.8. The second kappa shape index (κ2) is 9.13. The van der Waals surface area contributed by atoms with E-state index in [1.165, 1.54) is 45.0 Å². The summed E-state index contributed by atoms with van der Waals surface area (Å²) in [6.07, 6.45) is -3.68. The Bertz CT molecular complexity index is 697. The fourth-order valence-electron chi connectivity index (χ4n) is 2.57. The summed E-state index contributed by atoms with van der Waals surface area (Å²) in [6, 6.07) is 6.16. The van der Waals surface area contributed by atoms with E-state index in [2.05, 4.69) is 0 Å². The molecule has 1 aliphatic rings. The summed E-state index contributed by atoms with van der Waals surface area (Å²) >= 11 is 0. The predicted molar refractivity (Wildman–Crippen MR) is 88.9 cm³/mol. The molecule has 0 radical (unpaired) electrons. The molecule has 0 amide bonds. The molecular formula is C18H20O9. The number of aldehydes is 1. The van der Waals surface area contributed by atoms with E-state index in [9.17, 15) is 19.2 Å². The van der Waals surface area contributed by atoms with Gasteiger partial charge in [0.15, 0.2) is 12.2 Å². The monoisotopic (exact) mass is 380 g/mol. The zero-order valence-corrected chi connectivity index (χ0v) is 15.1. The number of hydrogen-bond donors (Lipinski definition) is 0. The number of benzene rings is 1. The number of carbonyl (C=O) groups excluding carboxylic acids is 4. The van der Waals surface area contributed by atoms with E-state index >= 15 is 0 Å². The van der Waals surface area contributed by atoms with Crippen LogP contribution < -0.4 is 4.74 Å². The molecule has 0 saturated carbocycles. The predicted octanol–water partition coefficient (Wildman–Crippen LogP) is 1.03. The molecule has 0 spiro atoms. The summed E-state index contributed by atoms with van der Waals surface area (Å²) in [7, 11) is 0. The van der Waals surface area contributed by atoms with Crippen LogP contribution >= 0.6 is 0 Å². The number of hydrogen-bond acceptors (Lipinski definition) is 9. The average molecular weight is 380 g/mol. The molecule has 1 saturated heterocycles. The van der Waals surface area contributed by atoms with Crippen molar-refractivity contribution in [2.45, 2.75) is 45.4 Å². The van der Waals surface area contributed by atoms with Gasteiger partial charge in [0.2, 0.25) is 12.4 Å². The fraction of sp³-hybridized carbons (Fsp3) is 0.444. The Morgan fingerprint density at radius 3 is 2.00 bits per heavy atom. The number of esters is 3. The molecular weight excluding hydrogens is 360 g/mol. The number of rotatable bonds is 6. The summed E-state index contributed by atoms with van der Waals surface area (Å²) in [6.45, 7) is 3.42. The van der Waals surface area contributed by atoms with E-state index in [4.69, 9.17) is 23.7 Å². The Hall–Kier alpha value is -2.94. The van der Waals surface area contributed by atoms with Gasteiger partial charge in [0.1, 0.15) is 12.0 Å². The zero-order valence-electron chi connectivity index (χ0n) is 15.1. The molecule has 27 heavy (non-hydrogen) atoms. The lowest BCUT2D eigenvalue weighted by Crippen LogP contribution is -2.59. The molecule has 0 aliphatic carbocycles. The number of ether oxygens (including phenoxy) is 5. The highest BCUT2D eigenvalue weighted by molar-refractivity contribution is 5.74. The van der Waals surface area contributed by atoms with Crippen molar-refractivity contribution in [1.82, 2.24) is 0 Å². The third-order valence-corrected chi connectivity index (χ3v) is 3.57. The first-order valence-electron chi connectivity index (χ1n) is 8.15. The first-order valence-corrected chi connectivity index (χ1v) is 8.15. The summed E-state index contributed by atoms with van der Waals surface area (Å²) in [4.78, 5) is 45.1. The van der Waals surface area contributed by atoms with E-state index < -0.39 is 42.5 Å². The smallest absolute Gasteiger partial charge is 0.303 e. The third-order valence-electron chi connectivity index (χ3n) is 3.57. The lowest BCUT2D eigenvalue weighted by atomic mass is 10.0. The average Bonchev–Trinajstić information content (AvgIpc) is 2.59. The van der Waals surface area contributed by atoms with Crippen LogP contribution in [-0.2, 0) is 33.3 Å². The van der Waals surface area contributed by atoms with Gasteiger partial charge in [-0.15, -0.1) is 0 Å². The van der Waals surface area contributed by atoms with Crippen molar-refractivity contribution in [3.63, 3.8) is 0 Å². The zero-order chi connectivity index (χ0) is 20.0. The van der Waals surface area contributed by atoms with E-state index in [1.807, 2.05) is 0 Å². The lowest BCUT2D eigenvalue weighted by Gasteiger charge is -2.40. The minimum absolute atomic E-state index is 0.133. The molecule has 1 fully saturated rings. The van der Waals surface area contributed by atoms with Gasteiger partial charge in [0.05, 0.1) is 6.61 Å². The van der Waals surface area contributed by atoms with Crippen LogP contribution in [0.15, 0.2) is 24.3 Å². The lowest BCUT2D eigenvalue weighted by molar-refractivity contribution is -0.259. The maximum Gasteiger partial charge on any atom is 0.303 e. The van der Waals surface area contributed by atoms with Gasteiger partial charge in [-0.3, -0.25) is 19.2 Å². The molecule has 1 heterocycles. The fourth-order valence-corrected chi connectivity index (χ4v) is 2.57. The van der Waals surface area contributed by atoms with Crippen LogP contribution in [0.1, 0.15) is 31.1 Å². The normalized spacial score (nSPS) is 24.4. The van der Waals surface area contributed by atoms with Gasteiger partial charge in [-0.2, -0.15) is 0 Å². The van der Waals surface area contributed by atoms with Crippen molar-refractivity contribution in [1.29, 1.82) is 0 Å². The number of carbonyl (C=O) groups is 4.